The molecule has 2 aliphatic heterocycles. The first-order valence-electron chi connectivity index (χ1n) is 10.6. The van der Waals surface area contributed by atoms with Crippen molar-refractivity contribution in [3.63, 3.8) is 0 Å². The highest BCUT2D eigenvalue weighted by atomic mass is 35.5. The molecule has 162 valence electrons. The number of nitrogens with zero attached hydrogens (tertiary/aromatic N) is 3. The summed E-state index contributed by atoms with van der Waals surface area (Å²) in [6, 6.07) is 7.68. The average molecular weight is 430 g/mol. The smallest absolute Gasteiger partial charge is 0.101 e. The topological polar surface area (TPSA) is 68.9 Å². The van der Waals surface area contributed by atoms with Crippen LogP contribution < -0.4 is 5.01 Å². The molecule has 0 amide bonds. The molecule has 1 aromatic rings. The molecule has 0 fully saturated rings. The van der Waals surface area contributed by atoms with Crippen LogP contribution in [-0.4, -0.2) is 36.2 Å². The molecule has 0 aromatic heterocycles. The van der Waals surface area contributed by atoms with Crippen LogP contribution in [0.2, 0.25) is 5.02 Å². The first-order valence-corrected chi connectivity index (χ1v) is 11.0. The number of ether oxygens (including phenoxy) is 1. The Bertz CT molecular complexity index is 854. The van der Waals surface area contributed by atoms with Crippen LogP contribution in [0.25, 0.3) is 0 Å². The molecule has 0 bridgehead atoms. The molecule has 0 saturated heterocycles. The van der Waals surface area contributed by atoms with Gasteiger partial charge in [0.1, 0.15) is 6.07 Å². The number of aliphatic hydroxyl groups excluding tert-OH is 1. The van der Waals surface area contributed by atoms with E-state index in [1.807, 2.05) is 50.1 Å². The van der Waals surface area contributed by atoms with E-state index in [9.17, 15) is 5.11 Å². The summed E-state index contributed by atoms with van der Waals surface area (Å²) in [6.07, 6.45) is 6.56. The Labute approximate surface area is 185 Å². The van der Waals surface area contributed by atoms with E-state index in [1.165, 1.54) is 0 Å². The Morgan fingerprint density at radius 1 is 1.37 bits per heavy atom. The Morgan fingerprint density at radius 3 is 2.70 bits per heavy atom. The van der Waals surface area contributed by atoms with Gasteiger partial charge in [-0.25, -0.2) is 0 Å². The summed E-state index contributed by atoms with van der Waals surface area (Å²) >= 11 is 6.27. The van der Waals surface area contributed by atoms with Crippen LogP contribution in [0.4, 0.5) is 5.69 Å². The lowest BCUT2D eigenvalue weighted by atomic mass is 9.86. The third kappa shape index (κ3) is 5.51. The van der Waals surface area contributed by atoms with E-state index in [0.29, 0.717) is 29.5 Å². The van der Waals surface area contributed by atoms with Gasteiger partial charge in [0.15, 0.2) is 0 Å². The molecular formula is C24H32ClN3O2. The van der Waals surface area contributed by atoms with Crippen molar-refractivity contribution < 1.29 is 9.84 Å². The normalized spacial score (nSPS) is 26.5. The zero-order valence-corrected chi connectivity index (χ0v) is 19.2. The first-order chi connectivity index (χ1) is 14.4. The van der Waals surface area contributed by atoms with Crippen LogP contribution in [0.1, 0.15) is 46.6 Å². The standard InChI is InChI=1S/C22H26ClN3O2.C2H6/c1-14(2)22-19-13-28-15(3)9-16(12-27)5-4-6-21(19)25-26(22)18-8-7-17(11-24)20(23)10-18;1-2/h4-5,7-10,14-15,19,22,27H,6,12-13H2,1-3H3;1-2H3/b5-4-,16-9+;. The molecule has 5 nitrogen and oxygen atoms in total. The number of benzene rings is 1. The number of aliphatic hydroxyl groups is 1. The van der Waals surface area contributed by atoms with E-state index in [2.05, 4.69) is 26.0 Å². The Morgan fingerprint density at radius 2 is 2.10 bits per heavy atom. The predicted molar refractivity (Wildman–Crippen MR) is 124 cm³/mol. The molecule has 0 spiro atoms. The lowest BCUT2D eigenvalue weighted by Gasteiger charge is -2.32. The average Bonchev–Trinajstić information content (AvgIpc) is 3.11. The van der Waals surface area contributed by atoms with Gasteiger partial charge in [0.2, 0.25) is 0 Å². The van der Waals surface area contributed by atoms with Crippen LogP contribution in [0.3, 0.4) is 0 Å². The molecule has 3 unspecified atom stereocenters. The number of nitriles is 1. The summed E-state index contributed by atoms with van der Waals surface area (Å²) in [6.45, 7) is 10.9. The monoisotopic (exact) mass is 429 g/mol. The number of hydrazone groups is 1. The quantitative estimate of drug-likeness (QED) is 0.704. The molecule has 0 saturated carbocycles. The maximum atomic E-state index is 9.50. The van der Waals surface area contributed by atoms with Crippen LogP contribution in [0.5, 0.6) is 0 Å². The fraction of sp³-hybridized carbons (Fsp3) is 0.500. The Balaban J connectivity index is 0.00000155. The van der Waals surface area contributed by atoms with Gasteiger partial charge in [-0.15, -0.1) is 0 Å². The summed E-state index contributed by atoms with van der Waals surface area (Å²) < 4.78 is 6.09. The number of anilines is 1. The van der Waals surface area contributed by atoms with E-state index in [0.717, 1.165) is 17.0 Å². The third-order valence-electron chi connectivity index (χ3n) is 5.21. The van der Waals surface area contributed by atoms with Crippen LogP contribution in [0.15, 0.2) is 47.1 Å². The largest absolute Gasteiger partial charge is 0.392 e. The van der Waals surface area contributed by atoms with Gasteiger partial charge in [-0.3, -0.25) is 5.01 Å². The number of rotatable bonds is 3. The second kappa shape index (κ2) is 11.3. The lowest BCUT2D eigenvalue weighted by molar-refractivity contribution is 0.0736. The van der Waals surface area contributed by atoms with Gasteiger partial charge < -0.3 is 9.84 Å². The highest BCUT2D eigenvalue weighted by Gasteiger charge is 2.39. The summed E-state index contributed by atoms with van der Waals surface area (Å²) in [4.78, 5) is 0. The molecule has 0 radical (unpaired) electrons. The Hall–Kier alpha value is -2.13. The van der Waals surface area contributed by atoms with E-state index < -0.39 is 0 Å². The third-order valence-corrected chi connectivity index (χ3v) is 5.52. The maximum Gasteiger partial charge on any atom is 0.101 e. The second-order valence-corrected chi connectivity index (χ2v) is 8.00. The maximum absolute atomic E-state index is 9.50. The molecule has 1 aromatic carbocycles. The number of hydrogen-bond acceptors (Lipinski definition) is 5. The Kier molecular flexibility index (Phi) is 9.10. The van der Waals surface area contributed by atoms with Gasteiger partial charge in [-0.05, 0) is 36.6 Å². The highest BCUT2D eigenvalue weighted by molar-refractivity contribution is 6.32. The van der Waals surface area contributed by atoms with Crippen molar-refractivity contribution in [3.8, 4) is 6.07 Å². The van der Waals surface area contributed by atoms with Crippen LogP contribution >= 0.6 is 11.6 Å². The molecule has 2 heterocycles. The molecule has 2 aliphatic rings. The molecule has 3 atom stereocenters. The summed E-state index contributed by atoms with van der Waals surface area (Å²) in [5.74, 6) is 0.501. The van der Waals surface area contributed by atoms with Gasteiger partial charge in [-0.1, -0.05) is 57.5 Å². The van der Waals surface area contributed by atoms with E-state index in [-0.39, 0.29) is 24.7 Å². The second-order valence-electron chi connectivity index (χ2n) is 7.60. The van der Waals surface area contributed by atoms with Crippen molar-refractivity contribution in [2.24, 2.45) is 16.9 Å². The fourth-order valence-electron chi connectivity index (χ4n) is 3.84. The number of allylic oxidation sites excluding steroid dienone is 1. The minimum Gasteiger partial charge on any atom is -0.392 e. The van der Waals surface area contributed by atoms with Crippen molar-refractivity contribution >= 4 is 23.0 Å². The predicted octanol–water partition coefficient (Wildman–Crippen LogP) is 5.34. The lowest BCUT2D eigenvalue weighted by Crippen LogP contribution is -2.40. The SMILES string of the molecule is CC.CC1/C=C(CO)\C=C/CC2=NN(c3ccc(C#N)c(Cl)c3)C(C(C)C)C2CO1. The zero-order valence-electron chi connectivity index (χ0n) is 18.5. The van der Waals surface area contributed by atoms with Gasteiger partial charge in [0, 0.05) is 18.1 Å². The first kappa shape index (κ1) is 24.1. The van der Waals surface area contributed by atoms with Crippen LogP contribution in [0, 0.1) is 23.2 Å². The number of halogens is 1. The minimum atomic E-state index is -0.0858. The van der Waals surface area contributed by atoms with Crippen molar-refractivity contribution in [2.45, 2.75) is 53.2 Å². The molecule has 3 rings (SSSR count). The summed E-state index contributed by atoms with van der Waals surface area (Å²) in [7, 11) is 0. The van der Waals surface area contributed by atoms with Crippen molar-refractivity contribution in [3.05, 3.63) is 52.6 Å². The van der Waals surface area contributed by atoms with E-state index >= 15 is 0 Å². The van der Waals surface area contributed by atoms with E-state index in [4.69, 9.17) is 26.7 Å². The highest BCUT2D eigenvalue weighted by Crippen LogP contribution is 2.36. The van der Waals surface area contributed by atoms with Crippen molar-refractivity contribution in [2.75, 3.05) is 18.2 Å². The van der Waals surface area contributed by atoms with Gasteiger partial charge in [0.05, 0.1) is 41.6 Å². The fourth-order valence-corrected chi connectivity index (χ4v) is 4.06. The minimum absolute atomic E-state index is 0.00934. The molecule has 30 heavy (non-hydrogen) atoms. The zero-order chi connectivity index (χ0) is 22.3. The van der Waals surface area contributed by atoms with Gasteiger partial charge in [-0.2, -0.15) is 10.4 Å². The molecule has 1 N–H and O–H groups in total. The van der Waals surface area contributed by atoms with Crippen LogP contribution in [-0.2, 0) is 4.74 Å². The molecular weight excluding hydrogens is 398 g/mol. The number of fused-ring (bicyclic) bond motifs is 1. The van der Waals surface area contributed by atoms with Gasteiger partial charge in [0.25, 0.3) is 0 Å². The summed E-state index contributed by atoms with van der Waals surface area (Å²) in [5, 5.41) is 26.0. The van der Waals surface area contributed by atoms with Gasteiger partial charge >= 0.3 is 0 Å². The van der Waals surface area contributed by atoms with Crippen molar-refractivity contribution in [1.82, 2.24) is 0 Å². The molecule has 6 heteroatoms. The van der Waals surface area contributed by atoms with Crippen molar-refractivity contribution in [1.29, 1.82) is 5.26 Å². The molecule has 0 aliphatic carbocycles. The van der Waals surface area contributed by atoms with E-state index in [1.54, 1.807) is 6.07 Å². The number of hydrogen-bond donors (Lipinski definition) is 1. The summed E-state index contributed by atoms with van der Waals surface area (Å²) in [5.41, 5.74) is 3.24.